The fourth-order valence-electron chi connectivity index (χ4n) is 2.79. The molecule has 0 bridgehead atoms. The lowest BCUT2D eigenvalue weighted by molar-refractivity contribution is -0.123. The van der Waals surface area contributed by atoms with Gasteiger partial charge in [0.05, 0.1) is 0 Å². The summed E-state index contributed by atoms with van der Waals surface area (Å²) in [6.07, 6.45) is 2.54. The molecule has 4 nitrogen and oxygen atoms in total. The zero-order valence-corrected chi connectivity index (χ0v) is 13.0. The van der Waals surface area contributed by atoms with Gasteiger partial charge in [-0.1, -0.05) is 32.0 Å². The number of likely N-dealkylation sites (tertiary alicyclic amines) is 1. The highest BCUT2D eigenvalue weighted by atomic mass is 16.5. The maximum absolute atomic E-state index is 11.9. The summed E-state index contributed by atoms with van der Waals surface area (Å²) in [5.41, 5.74) is 0. The van der Waals surface area contributed by atoms with E-state index in [9.17, 15) is 4.79 Å². The van der Waals surface area contributed by atoms with Crippen LogP contribution in [-0.2, 0) is 4.79 Å². The van der Waals surface area contributed by atoms with Gasteiger partial charge in [0.25, 0.3) is 5.91 Å². The van der Waals surface area contributed by atoms with Crippen LogP contribution in [0.1, 0.15) is 26.7 Å². The van der Waals surface area contributed by atoms with E-state index in [0.717, 1.165) is 18.8 Å². The molecule has 1 amide bonds. The number of rotatable bonds is 7. The lowest BCUT2D eigenvalue weighted by Gasteiger charge is -2.30. The first-order valence-electron chi connectivity index (χ1n) is 7.85. The van der Waals surface area contributed by atoms with E-state index in [1.165, 1.54) is 12.8 Å². The molecule has 1 aromatic carbocycles. The first-order chi connectivity index (χ1) is 10.2. The van der Waals surface area contributed by atoms with E-state index < -0.39 is 0 Å². The number of hydrogen-bond donors (Lipinski definition) is 1. The lowest BCUT2D eigenvalue weighted by atomic mass is 10.0. The minimum Gasteiger partial charge on any atom is -0.484 e. The Hall–Kier alpha value is -1.55. The van der Waals surface area contributed by atoms with E-state index in [0.29, 0.717) is 18.5 Å². The first-order valence-corrected chi connectivity index (χ1v) is 7.85. The summed E-state index contributed by atoms with van der Waals surface area (Å²) in [7, 11) is 0. The summed E-state index contributed by atoms with van der Waals surface area (Å²) < 4.78 is 5.46. The average Bonchev–Trinajstić information content (AvgIpc) is 3.00. The Kier molecular flexibility index (Phi) is 6.05. The molecule has 0 saturated carbocycles. The number of hydrogen-bond acceptors (Lipinski definition) is 3. The number of para-hydroxylation sites is 1. The Morgan fingerprint density at radius 2 is 1.90 bits per heavy atom. The summed E-state index contributed by atoms with van der Waals surface area (Å²) in [5.74, 6) is 1.22. The molecule has 0 spiro atoms. The van der Waals surface area contributed by atoms with E-state index in [1.54, 1.807) is 0 Å². The van der Waals surface area contributed by atoms with Crippen LogP contribution in [0.3, 0.4) is 0 Å². The predicted molar refractivity (Wildman–Crippen MR) is 84.4 cm³/mol. The number of carbonyl (C=O) groups excluding carboxylic acids is 1. The van der Waals surface area contributed by atoms with Crippen LogP contribution in [-0.4, -0.2) is 43.1 Å². The molecule has 1 saturated heterocycles. The molecular weight excluding hydrogens is 264 g/mol. The van der Waals surface area contributed by atoms with Crippen molar-refractivity contribution >= 4 is 5.91 Å². The molecule has 21 heavy (non-hydrogen) atoms. The van der Waals surface area contributed by atoms with E-state index >= 15 is 0 Å². The number of nitrogens with zero attached hydrogens (tertiary/aromatic N) is 1. The molecule has 0 radical (unpaired) electrons. The van der Waals surface area contributed by atoms with Crippen LogP contribution in [0.15, 0.2) is 30.3 Å². The Balaban J connectivity index is 1.74. The maximum Gasteiger partial charge on any atom is 0.257 e. The van der Waals surface area contributed by atoms with Crippen molar-refractivity contribution < 1.29 is 9.53 Å². The Morgan fingerprint density at radius 1 is 1.24 bits per heavy atom. The van der Waals surface area contributed by atoms with Crippen LogP contribution in [0.4, 0.5) is 0 Å². The smallest absolute Gasteiger partial charge is 0.257 e. The van der Waals surface area contributed by atoms with Crippen molar-refractivity contribution in [3.05, 3.63) is 30.3 Å². The van der Waals surface area contributed by atoms with Crippen LogP contribution >= 0.6 is 0 Å². The Morgan fingerprint density at radius 3 is 2.52 bits per heavy atom. The van der Waals surface area contributed by atoms with Crippen LogP contribution in [0.25, 0.3) is 0 Å². The largest absolute Gasteiger partial charge is 0.484 e. The summed E-state index contributed by atoms with van der Waals surface area (Å²) in [6, 6.07) is 9.86. The normalized spacial score (nSPS) is 16.9. The van der Waals surface area contributed by atoms with E-state index in [-0.39, 0.29) is 12.5 Å². The van der Waals surface area contributed by atoms with E-state index in [4.69, 9.17) is 4.74 Å². The van der Waals surface area contributed by atoms with Crippen LogP contribution in [0, 0.1) is 5.92 Å². The molecule has 1 aliphatic heterocycles. The molecule has 1 fully saturated rings. The quantitative estimate of drug-likeness (QED) is 0.838. The van der Waals surface area contributed by atoms with Gasteiger partial charge in [-0.15, -0.1) is 0 Å². The standard InChI is InChI=1S/C17H26N2O2/c1-14(2)16(19-10-6-7-11-19)12-18-17(20)13-21-15-8-4-3-5-9-15/h3-5,8-9,14,16H,6-7,10-13H2,1-2H3,(H,18,20). The molecule has 116 valence electrons. The van der Waals surface area contributed by atoms with Gasteiger partial charge in [0, 0.05) is 12.6 Å². The SMILES string of the molecule is CC(C)C(CNC(=O)COc1ccccc1)N1CCCC1. The van der Waals surface area contributed by atoms with Gasteiger partial charge in [-0.25, -0.2) is 0 Å². The molecule has 1 aliphatic rings. The van der Waals surface area contributed by atoms with Crippen LogP contribution < -0.4 is 10.1 Å². The molecule has 0 aliphatic carbocycles. The number of nitrogens with one attached hydrogen (secondary N) is 1. The molecule has 4 heteroatoms. The van der Waals surface area contributed by atoms with Gasteiger partial charge in [-0.2, -0.15) is 0 Å². The highest BCUT2D eigenvalue weighted by Crippen LogP contribution is 2.17. The Labute approximate surface area is 127 Å². The predicted octanol–water partition coefficient (Wildman–Crippen LogP) is 2.30. The maximum atomic E-state index is 11.9. The number of amides is 1. The van der Waals surface area contributed by atoms with Crippen LogP contribution in [0.5, 0.6) is 5.75 Å². The lowest BCUT2D eigenvalue weighted by Crippen LogP contribution is -2.46. The van der Waals surface area contributed by atoms with Gasteiger partial charge in [-0.05, 0) is 44.0 Å². The number of benzene rings is 1. The van der Waals surface area contributed by atoms with E-state index in [1.807, 2.05) is 30.3 Å². The summed E-state index contributed by atoms with van der Waals surface area (Å²) in [6.45, 7) is 7.52. The van der Waals surface area contributed by atoms with Gasteiger partial charge in [0.2, 0.25) is 0 Å². The summed E-state index contributed by atoms with van der Waals surface area (Å²) in [5, 5.41) is 3.01. The third-order valence-corrected chi connectivity index (χ3v) is 4.00. The van der Waals surface area contributed by atoms with Crippen molar-refractivity contribution in [1.29, 1.82) is 0 Å². The fraction of sp³-hybridized carbons (Fsp3) is 0.588. The summed E-state index contributed by atoms with van der Waals surface area (Å²) >= 11 is 0. The molecule has 1 unspecified atom stereocenters. The highest BCUT2D eigenvalue weighted by Gasteiger charge is 2.24. The molecule has 1 heterocycles. The molecule has 1 atom stereocenters. The van der Waals surface area contributed by atoms with Gasteiger partial charge >= 0.3 is 0 Å². The van der Waals surface area contributed by atoms with Crippen molar-refractivity contribution in [2.75, 3.05) is 26.2 Å². The zero-order valence-electron chi connectivity index (χ0n) is 13.0. The third kappa shape index (κ3) is 5.05. The Bertz CT molecular complexity index is 428. The summed E-state index contributed by atoms with van der Waals surface area (Å²) in [4.78, 5) is 14.4. The minimum atomic E-state index is -0.0521. The number of carbonyl (C=O) groups is 1. The minimum absolute atomic E-state index is 0.0521. The molecule has 0 aromatic heterocycles. The van der Waals surface area contributed by atoms with Crippen molar-refractivity contribution in [1.82, 2.24) is 10.2 Å². The first kappa shape index (κ1) is 15.8. The van der Waals surface area contributed by atoms with Crippen molar-refractivity contribution in [3.63, 3.8) is 0 Å². The fourth-order valence-corrected chi connectivity index (χ4v) is 2.79. The second-order valence-electron chi connectivity index (χ2n) is 5.96. The van der Waals surface area contributed by atoms with Gasteiger partial charge in [0.1, 0.15) is 5.75 Å². The molecule has 1 N–H and O–H groups in total. The van der Waals surface area contributed by atoms with Crippen LogP contribution in [0.2, 0.25) is 0 Å². The molecular formula is C17H26N2O2. The van der Waals surface area contributed by atoms with E-state index in [2.05, 4.69) is 24.1 Å². The zero-order chi connectivity index (χ0) is 15.1. The highest BCUT2D eigenvalue weighted by molar-refractivity contribution is 5.77. The van der Waals surface area contributed by atoms with Gasteiger partial charge in [-0.3, -0.25) is 9.69 Å². The van der Waals surface area contributed by atoms with Gasteiger partial charge < -0.3 is 10.1 Å². The molecule has 1 aromatic rings. The topological polar surface area (TPSA) is 41.6 Å². The van der Waals surface area contributed by atoms with Gasteiger partial charge in [0.15, 0.2) is 6.61 Å². The second-order valence-corrected chi connectivity index (χ2v) is 5.96. The van der Waals surface area contributed by atoms with Crippen molar-refractivity contribution in [2.45, 2.75) is 32.7 Å². The third-order valence-electron chi connectivity index (χ3n) is 4.00. The monoisotopic (exact) mass is 290 g/mol. The average molecular weight is 290 g/mol. The molecule has 2 rings (SSSR count). The van der Waals surface area contributed by atoms with Crippen molar-refractivity contribution in [2.24, 2.45) is 5.92 Å². The van der Waals surface area contributed by atoms with Crippen molar-refractivity contribution in [3.8, 4) is 5.75 Å². The number of ether oxygens (including phenoxy) is 1. The second kappa shape index (κ2) is 8.03.